The Morgan fingerprint density at radius 1 is 1.04 bits per heavy atom. The van der Waals surface area contributed by atoms with Crippen LogP contribution in [0.3, 0.4) is 0 Å². The van der Waals surface area contributed by atoms with Gasteiger partial charge in [0.2, 0.25) is 10.0 Å². The van der Waals surface area contributed by atoms with Crippen LogP contribution in [0.5, 0.6) is 0 Å². The van der Waals surface area contributed by atoms with Crippen molar-refractivity contribution >= 4 is 21.8 Å². The van der Waals surface area contributed by atoms with E-state index in [4.69, 9.17) is 4.74 Å². The second-order valence-corrected chi connectivity index (χ2v) is 8.89. The topological polar surface area (TPSA) is 80.8 Å². The standard InChI is InChI=1S/C19H25NO5S/c21-17-10-3-4-11-18(17)25-19(22)15-8-7-9-16(14-15)26(23,24)20-12-5-1-2-6-13-20/h7-9,14,18H,1-6,10-13H2/t18-/m0/s1. The van der Waals surface area contributed by atoms with Crippen LogP contribution < -0.4 is 0 Å². The van der Waals surface area contributed by atoms with Gasteiger partial charge in [0.1, 0.15) is 0 Å². The van der Waals surface area contributed by atoms with Crippen LogP contribution in [-0.2, 0) is 19.6 Å². The third-order valence-electron chi connectivity index (χ3n) is 5.02. The van der Waals surface area contributed by atoms with E-state index in [1.165, 1.54) is 22.5 Å². The van der Waals surface area contributed by atoms with Crippen molar-refractivity contribution in [2.75, 3.05) is 13.1 Å². The lowest BCUT2D eigenvalue weighted by Crippen LogP contribution is -2.32. The highest BCUT2D eigenvalue weighted by molar-refractivity contribution is 7.89. The van der Waals surface area contributed by atoms with Gasteiger partial charge in [0.05, 0.1) is 10.5 Å². The predicted octanol–water partition coefficient (Wildman–Crippen LogP) is 2.92. The monoisotopic (exact) mass is 379 g/mol. The zero-order valence-electron chi connectivity index (χ0n) is 14.9. The largest absolute Gasteiger partial charge is 0.451 e. The van der Waals surface area contributed by atoms with Gasteiger partial charge >= 0.3 is 5.97 Å². The summed E-state index contributed by atoms with van der Waals surface area (Å²) in [5.74, 6) is -0.698. The molecule has 1 aromatic carbocycles. The first-order valence-electron chi connectivity index (χ1n) is 9.32. The van der Waals surface area contributed by atoms with E-state index >= 15 is 0 Å². The molecular formula is C19H25NO5S. The molecule has 1 saturated carbocycles. The van der Waals surface area contributed by atoms with Gasteiger partial charge < -0.3 is 4.74 Å². The lowest BCUT2D eigenvalue weighted by molar-refractivity contribution is -0.129. The number of Topliss-reactive ketones (excluding diaryl/α,β-unsaturated/α-hetero) is 1. The Labute approximate surface area is 154 Å². The number of esters is 1. The number of hydrogen-bond acceptors (Lipinski definition) is 5. The van der Waals surface area contributed by atoms with E-state index in [2.05, 4.69) is 0 Å². The van der Waals surface area contributed by atoms with Crippen LogP contribution in [0.25, 0.3) is 0 Å². The van der Waals surface area contributed by atoms with Crippen LogP contribution >= 0.6 is 0 Å². The molecule has 142 valence electrons. The number of carbonyl (C=O) groups excluding carboxylic acids is 2. The molecule has 0 radical (unpaired) electrons. The Morgan fingerprint density at radius 2 is 1.77 bits per heavy atom. The Kier molecular flexibility index (Phi) is 6.09. The zero-order chi connectivity index (χ0) is 18.6. The normalized spacial score (nSPS) is 22.6. The highest BCUT2D eigenvalue weighted by Crippen LogP contribution is 2.23. The van der Waals surface area contributed by atoms with Gasteiger partial charge in [0, 0.05) is 19.5 Å². The minimum atomic E-state index is -3.63. The van der Waals surface area contributed by atoms with Gasteiger partial charge in [-0.05, 0) is 50.3 Å². The van der Waals surface area contributed by atoms with E-state index in [1.807, 2.05) is 0 Å². The van der Waals surface area contributed by atoms with E-state index in [1.54, 1.807) is 6.07 Å². The van der Waals surface area contributed by atoms with E-state index in [9.17, 15) is 18.0 Å². The average Bonchev–Trinajstić information content (AvgIpc) is 2.94. The first kappa shape index (κ1) is 19.0. The van der Waals surface area contributed by atoms with Gasteiger partial charge in [-0.15, -0.1) is 0 Å². The minimum absolute atomic E-state index is 0.0575. The van der Waals surface area contributed by atoms with Crippen molar-refractivity contribution in [1.82, 2.24) is 4.31 Å². The molecule has 0 aromatic heterocycles. The molecule has 0 bridgehead atoms. The molecule has 3 rings (SSSR count). The fraction of sp³-hybridized carbons (Fsp3) is 0.579. The summed E-state index contributed by atoms with van der Waals surface area (Å²) >= 11 is 0. The van der Waals surface area contributed by atoms with Crippen LogP contribution in [0.4, 0.5) is 0 Å². The number of carbonyl (C=O) groups is 2. The number of hydrogen-bond donors (Lipinski definition) is 0. The fourth-order valence-electron chi connectivity index (χ4n) is 3.49. The maximum Gasteiger partial charge on any atom is 0.338 e. The summed E-state index contributed by atoms with van der Waals surface area (Å²) in [5, 5.41) is 0. The molecule has 0 spiro atoms. The predicted molar refractivity (Wildman–Crippen MR) is 96.3 cm³/mol. The van der Waals surface area contributed by atoms with E-state index < -0.39 is 22.1 Å². The molecule has 0 amide bonds. The van der Waals surface area contributed by atoms with Gasteiger partial charge in [-0.3, -0.25) is 4.79 Å². The van der Waals surface area contributed by atoms with Crippen molar-refractivity contribution in [3.05, 3.63) is 29.8 Å². The van der Waals surface area contributed by atoms with Crippen LogP contribution in [0.2, 0.25) is 0 Å². The summed E-state index contributed by atoms with van der Waals surface area (Å²) < 4.78 is 32.6. The summed E-state index contributed by atoms with van der Waals surface area (Å²) in [6.07, 6.45) is 5.72. The molecule has 1 aliphatic carbocycles. The van der Waals surface area contributed by atoms with Gasteiger partial charge in [-0.2, -0.15) is 4.31 Å². The maximum atomic E-state index is 12.9. The van der Waals surface area contributed by atoms with Crippen LogP contribution in [0.15, 0.2) is 29.2 Å². The SMILES string of the molecule is O=C(O[C@H]1CCCCC1=O)c1cccc(S(=O)(=O)N2CCCCCC2)c1. The number of sulfonamides is 1. The van der Waals surface area contributed by atoms with E-state index in [0.717, 1.165) is 38.5 Å². The molecule has 1 heterocycles. The third-order valence-corrected chi connectivity index (χ3v) is 6.92. The molecular weight excluding hydrogens is 354 g/mol. The molecule has 2 fully saturated rings. The quantitative estimate of drug-likeness (QED) is 0.752. The minimum Gasteiger partial charge on any atom is -0.451 e. The summed E-state index contributed by atoms with van der Waals surface area (Å²) in [5.41, 5.74) is 0.166. The summed E-state index contributed by atoms with van der Waals surface area (Å²) in [7, 11) is -3.63. The molecule has 0 unspecified atom stereocenters. The lowest BCUT2D eigenvalue weighted by Gasteiger charge is -2.21. The molecule has 2 aliphatic rings. The zero-order valence-corrected chi connectivity index (χ0v) is 15.7. The van der Waals surface area contributed by atoms with Gasteiger partial charge in [-0.1, -0.05) is 18.9 Å². The molecule has 6 nitrogen and oxygen atoms in total. The second-order valence-electron chi connectivity index (χ2n) is 6.95. The number of ketones is 1. The molecule has 1 aromatic rings. The van der Waals surface area contributed by atoms with Crippen molar-refractivity contribution in [2.24, 2.45) is 0 Å². The molecule has 26 heavy (non-hydrogen) atoms. The Hall–Kier alpha value is -1.73. The van der Waals surface area contributed by atoms with Crippen LogP contribution in [0.1, 0.15) is 61.7 Å². The molecule has 1 aliphatic heterocycles. The number of rotatable bonds is 4. The van der Waals surface area contributed by atoms with Crippen molar-refractivity contribution in [2.45, 2.75) is 62.4 Å². The van der Waals surface area contributed by atoms with Crippen LogP contribution in [-0.4, -0.2) is 43.7 Å². The first-order valence-corrected chi connectivity index (χ1v) is 10.8. The summed E-state index contributed by atoms with van der Waals surface area (Å²) in [6.45, 7) is 1.02. The molecule has 1 saturated heterocycles. The molecule has 7 heteroatoms. The van der Waals surface area contributed by atoms with Crippen molar-refractivity contribution in [3.63, 3.8) is 0 Å². The summed E-state index contributed by atoms with van der Waals surface area (Å²) in [6, 6.07) is 5.93. The number of benzene rings is 1. The van der Waals surface area contributed by atoms with Gasteiger partial charge in [0.15, 0.2) is 11.9 Å². The Bertz CT molecular complexity index is 766. The molecule has 1 atom stereocenters. The third kappa shape index (κ3) is 4.32. The highest BCUT2D eigenvalue weighted by Gasteiger charge is 2.28. The Balaban J connectivity index is 1.76. The summed E-state index contributed by atoms with van der Waals surface area (Å²) in [4.78, 5) is 24.3. The van der Waals surface area contributed by atoms with Crippen molar-refractivity contribution < 1.29 is 22.7 Å². The van der Waals surface area contributed by atoms with E-state index in [-0.39, 0.29) is 16.2 Å². The highest BCUT2D eigenvalue weighted by atomic mass is 32.2. The smallest absolute Gasteiger partial charge is 0.338 e. The lowest BCUT2D eigenvalue weighted by atomic mass is 9.96. The van der Waals surface area contributed by atoms with Gasteiger partial charge in [-0.25, -0.2) is 13.2 Å². The van der Waals surface area contributed by atoms with Crippen molar-refractivity contribution in [3.8, 4) is 0 Å². The van der Waals surface area contributed by atoms with E-state index in [0.29, 0.717) is 25.9 Å². The fourth-order valence-corrected chi connectivity index (χ4v) is 5.05. The average molecular weight is 379 g/mol. The molecule has 0 N–H and O–H groups in total. The number of nitrogens with zero attached hydrogens (tertiary/aromatic N) is 1. The van der Waals surface area contributed by atoms with Crippen LogP contribution in [0, 0.1) is 0 Å². The Morgan fingerprint density at radius 3 is 2.46 bits per heavy atom. The van der Waals surface area contributed by atoms with Crippen molar-refractivity contribution in [1.29, 1.82) is 0 Å². The maximum absolute atomic E-state index is 12.9. The number of ether oxygens (including phenoxy) is 1. The van der Waals surface area contributed by atoms with Gasteiger partial charge in [0.25, 0.3) is 0 Å². The second kappa shape index (κ2) is 8.31. The first-order chi connectivity index (χ1) is 12.5.